The van der Waals surface area contributed by atoms with E-state index >= 15 is 0 Å². The molecular formula is C22H20BrFN2O2. The minimum atomic E-state index is -0.350. The molecule has 6 heteroatoms. The predicted octanol–water partition coefficient (Wildman–Crippen LogP) is 5.00. The van der Waals surface area contributed by atoms with Gasteiger partial charge in [-0.3, -0.25) is 4.79 Å². The maximum absolute atomic E-state index is 14.8. The van der Waals surface area contributed by atoms with Gasteiger partial charge in [-0.05, 0) is 47.9 Å². The van der Waals surface area contributed by atoms with Gasteiger partial charge >= 0.3 is 0 Å². The Labute approximate surface area is 171 Å². The number of hydrogen-bond donors (Lipinski definition) is 1. The Kier molecular flexibility index (Phi) is 6.09. The highest BCUT2D eigenvalue weighted by atomic mass is 79.9. The smallest absolute Gasteiger partial charge is 0.250 e. The van der Waals surface area contributed by atoms with Crippen LogP contribution in [0, 0.1) is 12.7 Å². The largest absolute Gasteiger partial charge is 0.411 e. The number of aryl methyl sites for hydroxylation is 2. The van der Waals surface area contributed by atoms with Crippen molar-refractivity contribution in [3.8, 4) is 0 Å². The Bertz CT molecular complexity index is 1070. The molecule has 0 aliphatic rings. The van der Waals surface area contributed by atoms with Crippen LogP contribution in [0.5, 0.6) is 0 Å². The molecule has 0 aliphatic carbocycles. The van der Waals surface area contributed by atoms with Crippen molar-refractivity contribution in [2.75, 3.05) is 0 Å². The maximum Gasteiger partial charge on any atom is 0.250 e. The van der Waals surface area contributed by atoms with Gasteiger partial charge in [0.15, 0.2) is 0 Å². The first-order valence-electron chi connectivity index (χ1n) is 8.78. The molecule has 0 amide bonds. The van der Waals surface area contributed by atoms with E-state index in [1.807, 2.05) is 37.3 Å². The van der Waals surface area contributed by atoms with Crippen LogP contribution in [-0.4, -0.2) is 15.5 Å². The second-order valence-corrected chi connectivity index (χ2v) is 7.66. The van der Waals surface area contributed by atoms with Crippen molar-refractivity contribution in [1.29, 1.82) is 0 Å². The first kappa shape index (κ1) is 20.0. The second-order valence-electron chi connectivity index (χ2n) is 6.75. The molecule has 144 valence electrons. The molecule has 1 heterocycles. The number of hydrogen-bond acceptors (Lipinski definition) is 3. The molecule has 3 rings (SSSR count). The van der Waals surface area contributed by atoms with Gasteiger partial charge in [-0.2, -0.15) is 0 Å². The van der Waals surface area contributed by atoms with Crippen molar-refractivity contribution in [2.45, 2.75) is 19.3 Å². The van der Waals surface area contributed by atoms with E-state index in [4.69, 9.17) is 0 Å². The fraction of sp³-hybridized carbons (Fsp3) is 0.182. The van der Waals surface area contributed by atoms with Crippen LogP contribution >= 0.6 is 15.9 Å². The fourth-order valence-electron chi connectivity index (χ4n) is 3.19. The Morgan fingerprint density at radius 2 is 1.89 bits per heavy atom. The zero-order valence-electron chi connectivity index (χ0n) is 15.6. The third-order valence-electron chi connectivity index (χ3n) is 4.74. The number of aromatic nitrogens is 1. The average molecular weight is 443 g/mol. The zero-order chi connectivity index (χ0) is 20.3. The summed E-state index contributed by atoms with van der Waals surface area (Å²) in [5, 5.41) is 13.1. The number of nitrogens with zero attached hydrogens (tertiary/aromatic N) is 2. The van der Waals surface area contributed by atoms with Gasteiger partial charge in [0.25, 0.3) is 0 Å². The van der Waals surface area contributed by atoms with E-state index in [1.165, 1.54) is 16.7 Å². The third-order valence-corrected chi connectivity index (χ3v) is 5.27. The molecule has 1 N–H and O–H groups in total. The van der Waals surface area contributed by atoms with Crippen LogP contribution in [0.25, 0.3) is 0 Å². The molecule has 0 saturated heterocycles. The summed E-state index contributed by atoms with van der Waals surface area (Å²) >= 11 is 3.42. The summed E-state index contributed by atoms with van der Waals surface area (Å²) in [5.74, 6) is -0.650. The summed E-state index contributed by atoms with van der Waals surface area (Å²) in [6.45, 7) is 1.84. The van der Waals surface area contributed by atoms with Gasteiger partial charge < -0.3 is 9.77 Å². The van der Waals surface area contributed by atoms with E-state index in [0.29, 0.717) is 16.8 Å². The predicted molar refractivity (Wildman–Crippen MR) is 112 cm³/mol. The normalized spacial score (nSPS) is 12.8. The topological polar surface area (TPSA) is 54.6 Å². The molecule has 1 unspecified atom stereocenters. The van der Waals surface area contributed by atoms with Gasteiger partial charge in [0.2, 0.25) is 5.56 Å². The van der Waals surface area contributed by atoms with Crippen molar-refractivity contribution >= 4 is 21.6 Å². The second kappa shape index (κ2) is 8.52. The van der Waals surface area contributed by atoms with E-state index in [2.05, 4.69) is 21.1 Å². The SMILES string of the molecule is Cc1ccc(C(C/C(=N\O)c2ccc(=O)n(C)c2)c2ccc(Br)cc2)c(F)c1. The van der Waals surface area contributed by atoms with Crippen LogP contribution in [0.4, 0.5) is 4.39 Å². The highest BCUT2D eigenvalue weighted by Crippen LogP contribution is 2.32. The standard InChI is InChI=1S/C22H20BrFN2O2/c1-14-3-9-18(20(24)11-14)19(15-4-7-17(23)8-5-15)12-21(25-28)16-6-10-22(27)26(2)13-16/h3-11,13,19,28H,12H2,1-2H3/b25-21+. The minimum Gasteiger partial charge on any atom is -0.411 e. The van der Waals surface area contributed by atoms with E-state index in [-0.39, 0.29) is 23.7 Å². The van der Waals surface area contributed by atoms with Gasteiger partial charge in [-0.15, -0.1) is 0 Å². The molecule has 4 nitrogen and oxygen atoms in total. The van der Waals surface area contributed by atoms with Gasteiger partial charge in [0.05, 0.1) is 5.71 Å². The molecule has 1 atom stereocenters. The van der Waals surface area contributed by atoms with Gasteiger partial charge in [0, 0.05) is 41.7 Å². The summed E-state index contributed by atoms with van der Waals surface area (Å²) in [6.07, 6.45) is 1.89. The van der Waals surface area contributed by atoms with Crippen molar-refractivity contribution in [1.82, 2.24) is 4.57 Å². The Morgan fingerprint density at radius 3 is 2.50 bits per heavy atom. The molecule has 0 saturated carbocycles. The Morgan fingerprint density at radius 1 is 1.18 bits per heavy atom. The van der Waals surface area contributed by atoms with Crippen LogP contribution in [0.3, 0.4) is 0 Å². The van der Waals surface area contributed by atoms with Crippen LogP contribution in [0.1, 0.15) is 34.6 Å². The van der Waals surface area contributed by atoms with Crippen LogP contribution in [0.15, 0.2) is 75.2 Å². The molecule has 1 aromatic heterocycles. The average Bonchev–Trinajstić information content (AvgIpc) is 2.67. The number of halogens is 2. The van der Waals surface area contributed by atoms with Crippen molar-refractivity contribution in [2.24, 2.45) is 12.2 Å². The van der Waals surface area contributed by atoms with Crippen molar-refractivity contribution < 1.29 is 9.60 Å². The fourth-order valence-corrected chi connectivity index (χ4v) is 3.46. The summed E-state index contributed by atoms with van der Waals surface area (Å²) in [7, 11) is 1.63. The van der Waals surface area contributed by atoms with Crippen LogP contribution in [-0.2, 0) is 7.05 Å². The first-order valence-corrected chi connectivity index (χ1v) is 9.58. The lowest BCUT2D eigenvalue weighted by Gasteiger charge is -2.20. The van der Waals surface area contributed by atoms with Crippen LogP contribution in [0.2, 0.25) is 0 Å². The number of benzene rings is 2. The molecule has 0 fully saturated rings. The summed E-state index contributed by atoms with van der Waals surface area (Å²) in [4.78, 5) is 11.7. The summed E-state index contributed by atoms with van der Waals surface area (Å²) in [6, 6.07) is 15.8. The Balaban J connectivity index is 2.06. The van der Waals surface area contributed by atoms with Crippen molar-refractivity contribution in [3.05, 3.63) is 104 Å². The highest BCUT2D eigenvalue weighted by Gasteiger charge is 2.22. The molecule has 2 aromatic carbocycles. The molecule has 0 aliphatic heterocycles. The summed E-state index contributed by atoms with van der Waals surface area (Å²) < 4.78 is 17.1. The molecule has 0 bridgehead atoms. The number of pyridine rings is 1. The van der Waals surface area contributed by atoms with E-state index < -0.39 is 0 Å². The highest BCUT2D eigenvalue weighted by molar-refractivity contribution is 9.10. The first-order chi connectivity index (χ1) is 13.4. The van der Waals surface area contributed by atoms with Gasteiger partial charge in [-0.1, -0.05) is 45.4 Å². The molecular weight excluding hydrogens is 423 g/mol. The van der Waals surface area contributed by atoms with E-state index in [0.717, 1.165) is 15.6 Å². The molecule has 0 spiro atoms. The molecule has 28 heavy (non-hydrogen) atoms. The lowest BCUT2D eigenvalue weighted by molar-refractivity contribution is 0.317. The van der Waals surface area contributed by atoms with Gasteiger partial charge in [0.1, 0.15) is 5.82 Å². The minimum absolute atomic E-state index is 0.157. The van der Waals surface area contributed by atoms with Crippen molar-refractivity contribution in [3.63, 3.8) is 0 Å². The number of rotatable bonds is 5. The monoisotopic (exact) mass is 442 g/mol. The molecule has 0 radical (unpaired) electrons. The lowest BCUT2D eigenvalue weighted by Crippen LogP contribution is -2.18. The molecule has 3 aromatic rings. The van der Waals surface area contributed by atoms with Crippen LogP contribution < -0.4 is 5.56 Å². The number of oxime groups is 1. The quantitative estimate of drug-likeness (QED) is 0.343. The summed E-state index contributed by atoms with van der Waals surface area (Å²) in [5.41, 5.74) is 3.10. The Hall–Kier alpha value is -2.73. The van der Waals surface area contributed by atoms with Gasteiger partial charge in [-0.25, -0.2) is 4.39 Å². The lowest BCUT2D eigenvalue weighted by atomic mass is 9.85. The third kappa shape index (κ3) is 4.39. The van der Waals surface area contributed by atoms with E-state index in [9.17, 15) is 14.4 Å². The van der Waals surface area contributed by atoms with E-state index in [1.54, 1.807) is 25.4 Å². The maximum atomic E-state index is 14.8. The zero-order valence-corrected chi connectivity index (χ0v) is 17.1.